The average molecular weight is 428 g/mol. The zero-order valence-electron chi connectivity index (χ0n) is 15.7. The third-order valence-corrected chi connectivity index (χ3v) is 7.54. The Kier molecular flexibility index (Phi) is 5.64. The van der Waals surface area contributed by atoms with E-state index in [0.29, 0.717) is 13.0 Å². The third kappa shape index (κ3) is 4.83. The highest BCUT2D eigenvalue weighted by molar-refractivity contribution is 7.91. The van der Waals surface area contributed by atoms with Gasteiger partial charge in [-0.1, -0.05) is 24.3 Å². The number of nitrogens with one attached hydrogen (secondary N) is 1. The molecule has 150 valence electrons. The molecule has 0 radical (unpaired) electrons. The van der Waals surface area contributed by atoms with Gasteiger partial charge in [0, 0.05) is 24.4 Å². The predicted molar refractivity (Wildman–Crippen MR) is 116 cm³/mol. The fraction of sp³-hybridized carbons (Fsp3) is 0.238. The van der Waals surface area contributed by atoms with Crippen LogP contribution in [0.2, 0.25) is 0 Å². The van der Waals surface area contributed by atoms with Crippen LogP contribution in [0, 0.1) is 5.92 Å². The molecule has 1 aliphatic heterocycles. The van der Waals surface area contributed by atoms with Gasteiger partial charge in [0.15, 0.2) is 9.84 Å². The lowest BCUT2D eigenvalue weighted by Crippen LogP contribution is -2.28. The molecule has 8 heteroatoms. The number of amides is 1. The Labute approximate surface area is 173 Å². The first-order valence-electron chi connectivity index (χ1n) is 9.35. The van der Waals surface area contributed by atoms with Gasteiger partial charge in [-0.2, -0.15) is 5.10 Å². The summed E-state index contributed by atoms with van der Waals surface area (Å²) in [6.07, 6.45) is 5.74. The molecule has 3 aromatic rings. The highest BCUT2D eigenvalue weighted by Gasteiger charge is 2.27. The standard InChI is InChI=1S/C21H21N3O3S2/c25-20(22-13-16-10-12-29(26,27)15-16)9-8-17-14-24(18-5-2-1-3-6-18)23-21(17)19-7-4-11-28-19/h1-9,11,14,16H,10,12-13,15H2,(H,22,25). The van der Waals surface area contributed by atoms with Gasteiger partial charge in [-0.3, -0.25) is 4.79 Å². The van der Waals surface area contributed by atoms with E-state index >= 15 is 0 Å². The van der Waals surface area contributed by atoms with E-state index in [9.17, 15) is 13.2 Å². The monoisotopic (exact) mass is 427 g/mol. The van der Waals surface area contributed by atoms with Gasteiger partial charge in [-0.05, 0) is 42.0 Å². The molecule has 1 amide bonds. The summed E-state index contributed by atoms with van der Waals surface area (Å²) >= 11 is 1.59. The molecular formula is C21H21N3O3S2. The summed E-state index contributed by atoms with van der Waals surface area (Å²) in [6, 6.07) is 13.8. The molecule has 1 fully saturated rings. The Balaban J connectivity index is 1.50. The maximum atomic E-state index is 12.2. The largest absolute Gasteiger partial charge is 0.352 e. The summed E-state index contributed by atoms with van der Waals surface area (Å²) in [5.41, 5.74) is 2.60. The molecule has 4 rings (SSSR count). The van der Waals surface area contributed by atoms with Crippen LogP contribution in [-0.4, -0.2) is 42.2 Å². The van der Waals surface area contributed by atoms with E-state index in [1.165, 1.54) is 6.08 Å². The Hall–Kier alpha value is -2.71. The van der Waals surface area contributed by atoms with E-state index in [1.807, 2.05) is 54.0 Å². The lowest BCUT2D eigenvalue weighted by molar-refractivity contribution is -0.116. The van der Waals surface area contributed by atoms with Gasteiger partial charge in [-0.25, -0.2) is 13.1 Å². The number of carbonyl (C=O) groups excluding carboxylic acids is 1. The van der Waals surface area contributed by atoms with Crippen LogP contribution < -0.4 is 5.32 Å². The van der Waals surface area contributed by atoms with E-state index in [4.69, 9.17) is 5.10 Å². The van der Waals surface area contributed by atoms with Crippen LogP contribution in [0.5, 0.6) is 0 Å². The number of hydrogen-bond donors (Lipinski definition) is 1. The average Bonchev–Trinajstić information content (AvgIpc) is 3.45. The second-order valence-corrected chi connectivity index (χ2v) is 10.2. The number of rotatable bonds is 6. The minimum Gasteiger partial charge on any atom is -0.352 e. The summed E-state index contributed by atoms with van der Waals surface area (Å²) in [7, 11) is -2.93. The topological polar surface area (TPSA) is 81.1 Å². The number of nitrogens with zero attached hydrogens (tertiary/aromatic N) is 2. The number of aromatic nitrogens is 2. The van der Waals surface area contributed by atoms with E-state index in [2.05, 4.69) is 5.32 Å². The van der Waals surface area contributed by atoms with E-state index in [-0.39, 0.29) is 23.3 Å². The number of sulfone groups is 1. The van der Waals surface area contributed by atoms with Crippen molar-refractivity contribution in [3.05, 3.63) is 65.7 Å². The molecular weight excluding hydrogens is 406 g/mol. The quantitative estimate of drug-likeness (QED) is 0.613. The Morgan fingerprint density at radius 3 is 2.76 bits per heavy atom. The van der Waals surface area contributed by atoms with Gasteiger partial charge in [0.05, 0.1) is 22.1 Å². The molecule has 29 heavy (non-hydrogen) atoms. The van der Waals surface area contributed by atoms with Gasteiger partial charge >= 0.3 is 0 Å². The summed E-state index contributed by atoms with van der Waals surface area (Å²) in [4.78, 5) is 13.3. The minimum absolute atomic E-state index is 0.000129. The Morgan fingerprint density at radius 2 is 2.07 bits per heavy atom. The van der Waals surface area contributed by atoms with Gasteiger partial charge in [0.1, 0.15) is 5.69 Å². The zero-order chi connectivity index (χ0) is 20.3. The van der Waals surface area contributed by atoms with Crippen molar-refractivity contribution in [3.8, 4) is 16.3 Å². The maximum absolute atomic E-state index is 12.2. The molecule has 1 unspecified atom stereocenters. The van der Waals surface area contributed by atoms with Crippen LogP contribution in [0.4, 0.5) is 0 Å². The minimum atomic E-state index is -2.93. The molecule has 1 aliphatic rings. The summed E-state index contributed by atoms with van der Waals surface area (Å²) in [5.74, 6) is 0.133. The first-order chi connectivity index (χ1) is 14.0. The van der Waals surface area contributed by atoms with Crippen molar-refractivity contribution in [3.63, 3.8) is 0 Å². The summed E-state index contributed by atoms with van der Waals surface area (Å²) in [5, 5.41) is 9.51. The highest BCUT2D eigenvalue weighted by Crippen LogP contribution is 2.28. The normalized spacial score (nSPS) is 18.3. The Morgan fingerprint density at radius 1 is 1.24 bits per heavy atom. The van der Waals surface area contributed by atoms with Crippen LogP contribution in [0.3, 0.4) is 0 Å². The molecule has 2 aromatic heterocycles. The fourth-order valence-corrected chi connectivity index (χ4v) is 5.92. The molecule has 0 spiro atoms. The van der Waals surface area contributed by atoms with Gasteiger partial charge in [0.25, 0.3) is 0 Å². The number of benzene rings is 1. The van der Waals surface area contributed by atoms with Crippen LogP contribution in [-0.2, 0) is 14.6 Å². The first-order valence-corrected chi connectivity index (χ1v) is 12.1. The third-order valence-electron chi connectivity index (χ3n) is 4.82. The molecule has 1 N–H and O–H groups in total. The molecule has 1 aromatic carbocycles. The number of thiophene rings is 1. The smallest absolute Gasteiger partial charge is 0.244 e. The lowest BCUT2D eigenvalue weighted by Gasteiger charge is -2.07. The van der Waals surface area contributed by atoms with Gasteiger partial charge < -0.3 is 5.32 Å². The van der Waals surface area contributed by atoms with Crippen LogP contribution in [0.1, 0.15) is 12.0 Å². The van der Waals surface area contributed by atoms with Crippen LogP contribution >= 0.6 is 11.3 Å². The molecule has 0 saturated carbocycles. The molecule has 1 saturated heterocycles. The zero-order valence-corrected chi connectivity index (χ0v) is 17.3. The number of carbonyl (C=O) groups is 1. The summed E-state index contributed by atoms with van der Waals surface area (Å²) in [6.45, 7) is 0.378. The van der Waals surface area contributed by atoms with Crippen molar-refractivity contribution in [2.24, 2.45) is 5.92 Å². The number of para-hydroxylation sites is 1. The SMILES string of the molecule is O=C(C=Cc1cn(-c2ccccc2)nc1-c1cccs1)NCC1CCS(=O)(=O)C1. The molecule has 0 aliphatic carbocycles. The maximum Gasteiger partial charge on any atom is 0.244 e. The summed E-state index contributed by atoms with van der Waals surface area (Å²) < 4.78 is 24.9. The first kappa shape index (κ1) is 19.6. The van der Waals surface area contributed by atoms with Crippen molar-refractivity contribution in [2.45, 2.75) is 6.42 Å². The van der Waals surface area contributed by atoms with Crippen molar-refractivity contribution < 1.29 is 13.2 Å². The van der Waals surface area contributed by atoms with Gasteiger partial charge in [-0.15, -0.1) is 11.3 Å². The molecule has 1 atom stereocenters. The number of hydrogen-bond acceptors (Lipinski definition) is 5. The van der Waals surface area contributed by atoms with E-state index in [1.54, 1.807) is 22.1 Å². The van der Waals surface area contributed by atoms with Crippen molar-refractivity contribution in [1.29, 1.82) is 0 Å². The van der Waals surface area contributed by atoms with Crippen LogP contribution in [0.25, 0.3) is 22.3 Å². The second kappa shape index (κ2) is 8.34. The Bertz CT molecular complexity index is 1120. The van der Waals surface area contributed by atoms with Crippen molar-refractivity contribution in [1.82, 2.24) is 15.1 Å². The van der Waals surface area contributed by atoms with E-state index < -0.39 is 9.84 Å². The van der Waals surface area contributed by atoms with E-state index in [0.717, 1.165) is 21.8 Å². The second-order valence-electron chi connectivity index (χ2n) is 7.04. The fourth-order valence-electron chi connectivity index (χ4n) is 3.33. The van der Waals surface area contributed by atoms with Crippen LogP contribution in [0.15, 0.2) is 60.1 Å². The highest BCUT2D eigenvalue weighted by atomic mass is 32.2. The van der Waals surface area contributed by atoms with Crippen molar-refractivity contribution in [2.75, 3.05) is 18.1 Å². The van der Waals surface area contributed by atoms with Crippen molar-refractivity contribution >= 4 is 33.2 Å². The lowest BCUT2D eigenvalue weighted by atomic mass is 10.1. The molecule has 6 nitrogen and oxygen atoms in total. The molecule has 0 bridgehead atoms. The van der Waals surface area contributed by atoms with Gasteiger partial charge in [0.2, 0.25) is 5.91 Å². The molecule has 3 heterocycles. The predicted octanol–water partition coefficient (Wildman–Crippen LogP) is 3.16.